The highest BCUT2D eigenvalue weighted by Gasteiger charge is 2.47. The molecule has 1 atom stereocenters. The summed E-state index contributed by atoms with van der Waals surface area (Å²) < 4.78 is 5.00. The van der Waals surface area contributed by atoms with E-state index in [1.807, 2.05) is 0 Å². The minimum atomic E-state index is -1.91. The molecule has 2 N–H and O–H groups in total. The predicted molar refractivity (Wildman–Crippen MR) is 76.4 cm³/mol. The van der Waals surface area contributed by atoms with Crippen LogP contribution in [0.3, 0.4) is 0 Å². The van der Waals surface area contributed by atoms with Crippen LogP contribution in [0.4, 0.5) is 5.69 Å². The Balaban J connectivity index is 2.01. The van der Waals surface area contributed by atoms with Gasteiger partial charge in [0.25, 0.3) is 5.91 Å². The van der Waals surface area contributed by atoms with E-state index < -0.39 is 17.3 Å². The molecule has 1 unspecified atom stereocenters. The van der Waals surface area contributed by atoms with Gasteiger partial charge in [0.2, 0.25) is 5.78 Å². The molecule has 21 heavy (non-hydrogen) atoms. The number of hydrogen-bond donors (Lipinski definition) is 2. The van der Waals surface area contributed by atoms with Gasteiger partial charge in [-0.1, -0.05) is 17.7 Å². The smallest absolute Gasteiger partial charge is 0.261 e. The van der Waals surface area contributed by atoms with Crippen LogP contribution < -0.4 is 5.32 Å². The van der Waals surface area contributed by atoms with Gasteiger partial charge in [-0.3, -0.25) is 9.59 Å². The van der Waals surface area contributed by atoms with Crippen molar-refractivity contribution in [3.05, 3.63) is 52.4 Å². The number of hydrogen-bond acceptors (Lipinski definition) is 4. The van der Waals surface area contributed by atoms with Gasteiger partial charge in [-0.15, -0.1) is 0 Å². The predicted octanol–water partition coefficient (Wildman–Crippen LogP) is 2.65. The second kappa shape index (κ2) is 4.72. The molecule has 2 heterocycles. The van der Waals surface area contributed by atoms with Gasteiger partial charge in [0, 0.05) is 10.6 Å². The first-order valence-corrected chi connectivity index (χ1v) is 6.71. The minimum absolute atomic E-state index is 0.107. The zero-order valence-electron chi connectivity index (χ0n) is 11.1. The summed E-state index contributed by atoms with van der Waals surface area (Å²) in [6, 6.07) is 6.22. The second-order valence-electron chi connectivity index (χ2n) is 4.99. The zero-order valence-corrected chi connectivity index (χ0v) is 11.9. The molecular formula is C15H12ClNO4. The fourth-order valence-corrected chi connectivity index (χ4v) is 2.62. The molecule has 5 nitrogen and oxygen atoms in total. The number of furan rings is 1. The number of aliphatic hydroxyl groups is 1. The largest absolute Gasteiger partial charge is 0.461 e. The quantitative estimate of drug-likeness (QED) is 0.854. The summed E-state index contributed by atoms with van der Waals surface area (Å²) >= 11 is 6.01. The van der Waals surface area contributed by atoms with E-state index in [1.165, 1.54) is 12.3 Å². The van der Waals surface area contributed by atoms with Gasteiger partial charge in [0.15, 0.2) is 11.4 Å². The number of fused-ring (bicyclic) bond motifs is 1. The number of rotatable bonds is 3. The maximum atomic E-state index is 12.1. The van der Waals surface area contributed by atoms with E-state index in [2.05, 4.69) is 5.32 Å². The van der Waals surface area contributed by atoms with Crippen molar-refractivity contribution in [1.82, 2.24) is 0 Å². The molecular weight excluding hydrogens is 294 g/mol. The van der Waals surface area contributed by atoms with Gasteiger partial charge in [0.05, 0.1) is 18.4 Å². The maximum Gasteiger partial charge on any atom is 0.261 e. The van der Waals surface area contributed by atoms with Gasteiger partial charge < -0.3 is 14.8 Å². The highest BCUT2D eigenvalue weighted by atomic mass is 35.5. The lowest BCUT2D eigenvalue weighted by Gasteiger charge is -2.19. The van der Waals surface area contributed by atoms with Crippen molar-refractivity contribution in [1.29, 1.82) is 0 Å². The average Bonchev–Trinajstić information content (AvgIpc) is 3.04. The lowest BCUT2D eigenvalue weighted by atomic mass is 9.88. The Labute approximate surface area is 125 Å². The van der Waals surface area contributed by atoms with Gasteiger partial charge in [0.1, 0.15) is 0 Å². The molecule has 108 valence electrons. The standard InChI is InChI=1S/C15H12ClNO4/c1-8-10(16)5-4-9-13(8)17-14(19)15(9,20)7-11(18)12-3-2-6-21-12/h2-6,20H,7H2,1H3,(H,17,19). The minimum Gasteiger partial charge on any atom is -0.461 e. The first kappa shape index (κ1) is 13.9. The third-order valence-corrected chi connectivity index (χ3v) is 4.08. The molecule has 1 aromatic heterocycles. The second-order valence-corrected chi connectivity index (χ2v) is 5.39. The number of halogens is 1. The molecule has 0 saturated heterocycles. The van der Waals surface area contributed by atoms with E-state index in [-0.39, 0.29) is 12.2 Å². The molecule has 2 aromatic rings. The molecule has 0 radical (unpaired) electrons. The van der Waals surface area contributed by atoms with E-state index in [0.29, 0.717) is 21.8 Å². The lowest BCUT2D eigenvalue weighted by molar-refractivity contribution is -0.133. The van der Waals surface area contributed by atoms with Crippen molar-refractivity contribution in [3.63, 3.8) is 0 Å². The summed E-state index contributed by atoms with van der Waals surface area (Å²) in [6.07, 6.45) is 0.976. The average molecular weight is 306 g/mol. The first-order chi connectivity index (χ1) is 9.93. The molecule has 6 heteroatoms. The van der Waals surface area contributed by atoms with Crippen LogP contribution in [0.1, 0.15) is 28.1 Å². The number of anilines is 1. The SMILES string of the molecule is Cc1c(Cl)ccc2c1NC(=O)C2(O)CC(=O)c1ccco1. The highest BCUT2D eigenvalue weighted by molar-refractivity contribution is 6.32. The van der Waals surface area contributed by atoms with Gasteiger partial charge in [-0.2, -0.15) is 0 Å². The van der Waals surface area contributed by atoms with Gasteiger partial charge >= 0.3 is 0 Å². The molecule has 0 aliphatic carbocycles. The molecule has 1 amide bonds. The fourth-order valence-electron chi connectivity index (χ4n) is 2.46. The Morgan fingerprint density at radius 2 is 2.19 bits per heavy atom. The number of benzene rings is 1. The van der Waals surface area contributed by atoms with E-state index in [0.717, 1.165) is 0 Å². The third kappa shape index (κ3) is 2.05. The van der Waals surface area contributed by atoms with Crippen LogP contribution in [0.25, 0.3) is 0 Å². The lowest BCUT2D eigenvalue weighted by Crippen LogP contribution is -2.36. The summed E-state index contributed by atoms with van der Waals surface area (Å²) in [4.78, 5) is 24.2. The molecule has 1 aliphatic rings. The topological polar surface area (TPSA) is 79.5 Å². The van der Waals surface area contributed by atoms with Crippen molar-refractivity contribution >= 4 is 29.0 Å². The molecule has 0 spiro atoms. The normalized spacial score (nSPS) is 20.2. The Kier molecular flexibility index (Phi) is 3.11. The van der Waals surface area contributed by atoms with Crippen LogP contribution in [0.2, 0.25) is 5.02 Å². The summed E-state index contributed by atoms with van der Waals surface area (Å²) in [5.74, 6) is -0.976. The monoisotopic (exact) mass is 305 g/mol. The summed E-state index contributed by atoms with van der Waals surface area (Å²) in [5.41, 5.74) is -0.436. The van der Waals surface area contributed by atoms with Crippen LogP contribution in [0.5, 0.6) is 0 Å². The fraction of sp³-hybridized carbons (Fsp3) is 0.200. The maximum absolute atomic E-state index is 12.1. The number of nitrogens with one attached hydrogen (secondary N) is 1. The molecule has 1 aliphatic heterocycles. The molecule has 1 aromatic carbocycles. The molecule has 3 rings (SSSR count). The Bertz CT molecular complexity index is 738. The summed E-state index contributed by atoms with van der Waals surface area (Å²) in [7, 11) is 0. The Morgan fingerprint density at radius 1 is 1.43 bits per heavy atom. The molecule has 0 bridgehead atoms. The number of Topliss-reactive ketones (excluding diaryl/α,β-unsaturated/α-hetero) is 1. The van der Waals surface area contributed by atoms with Crippen LogP contribution in [0.15, 0.2) is 34.9 Å². The summed E-state index contributed by atoms with van der Waals surface area (Å²) in [6.45, 7) is 1.74. The van der Waals surface area contributed by atoms with Gasteiger partial charge in [-0.25, -0.2) is 0 Å². The van der Waals surface area contributed by atoms with Crippen LogP contribution in [-0.2, 0) is 10.4 Å². The van der Waals surface area contributed by atoms with E-state index in [4.69, 9.17) is 16.0 Å². The van der Waals surface area contributed by atoms with Crippen molar-refractivity contribution < 1.29 is 19.1 Å². The summed E-state index contributed by atoms with van der Waals surface area (Å²) in [5, 5.41) is 13.8. The van der Waals surface area contributed by atoms with Crippen molar-refractivity contribution in [2.45, 2.75) is 18.9 Å². The number of amides is 1. The molecule has 0 fully saturated rings. The van der Waals surface area contributed by atoms with Crippen LogP contribution in [-0.4, -0.2) is 16.8 Å². The Hall–Kier alpha value is -2.11. The number of ketones is 1. The van der Waals surface area contributed by atoms with Crippen LogP contribution >= 0.6 is 11.6 Å². The van der Waals surface area contributed by atoms with E-state index >= 15 is 0 Å². The molecule has 0 saturated carbocycles. The van der Waals surface area contributed by atoms with Crippen molar-refractivity contribution in [3.8, 4) is 0 Å². The third-order valence-electron chi connectivity index (χ3n) is 3.67. The van der Waals surface area contributed by atoms with Crippen molar-refractivity contribution in [2.75, 3.05) is 5.32 Å². The van der Waals surface area contributed by atoms with E-state index in [9.17, 15) is 14.7 Å². The first-order valence-electron chi connectivity index (χ1n) is 6.33. The van der Waals surface area contributed by atoms with Crippen LogP contribution in [0, 0.1) is 6.92 Å². The van der Waals surface area contributed by atoms with E-state index in [1.54, 1.807) is 25.1 Å². The number of carbonyl (C=O) groups is 2. The number of carbonyl (C=O) groups excluding carboxylic acids is 2. The Morgan fingerprint density at radius 3 is 2.86 bits per heavy atom. The van der Waals surface area contributed by atoms with Crippen molar-refractivity contribution in [2.24, 2.45) is 0 Å². The zero-order chi connectivity index (χ0) is 15.2. The highest BCUT2D eigenvalue weighted by Crippen LogP contribution is 2.42. The van der Waals surface area contributed by atoms with Gasteiger partial charge in [-0.05, 0) is 30.7 Å².